The molecule has 1 unspecified atom stereocenters. The molecule has 0 aliphatic carbocycles. The molecular weight excluding hydrogens is 300 g/mol. The first-order valence-electron chi connectivity index (χ1n) is 6.17. The predicted octanol–water partition coefficient (Wildman–Crippen LogP) is 2.13. The molecule has 1 heterocycles. The summed E-state index contributed by atoms with van der Waals surface area (Å²) in [6.45, 7) is 1.54. The van der Waals surface area contributed by atoms with Crippen LogP contribution in [-0.2, 0) is 16.3 Å². The van der Waals surface area contributed by atoms with Crippen molar-refractivity contribution in [3.63, 3.8) is 0 Å². The third kappa shape index (κ3) is 3.39. The standard InChI is InChI=1S/C13H15F2N3O2S/c1-9(20-21-2)13(19,6-18-8-16-7-17-18)11-4-3-10(14)5-12(11)15/h3-5,7-9,19H,6H2,1-2H3/t9?,13-/m1/s1. The lowest BCUT2D eigenvalue weighted by atomic mass is 9.88. The quantitative estimate of drug-likeness (QED) is 0.828. The van der Waals surface area contributed by atoms with E-state index >= 15 is 0 Å². The van der Waals surface area contributed by atoms with Gasteiger partial charge in [0, 0.05) is 17.9 Å². The van der Waals surface area contributed by atoms with Crippen molar-refractivity contribution in [2.45, 2.75) is 25.2 Å². The van der Waals surface area contributed by atoms with Crippen molar-refractivity contribution in [1.29, 1.82) is 0 Å². The summed E-state index contributed by atoms with van der Waals surface area (Å²) in [7, 11) is 0. The fraction of sp³-hybridized carbons (Fsp3) is 0.385. The van der Waals surface area contributed by atoms with Gasteiger partial charge in [0.1, 0.15) is 36.0 Å². The number of aromatic nitrogens is 3. The second-order valence-electron chi connectivity index (χ2n) is 4.55. The van der Waals surface area contributed by atoms with Crippen LogP contribution in [0.2, 0.25) is 0 Å². The molecule has 0 bridgehead atoms. The van der Waals surface area contributed by atoms with Gasteiger partial charge in [-0.3, -0.25) is 0 Å². The highest BCUT2D eigenvalue weighted by atomic mass is 32.2. The number of hydrogen-bond donors (Lipinski definition) is 1. The van der Waals surface area contributed by atoms with Gasteiger partial charge in [-0.05, 0) is 25.0 Å². The first-order valence-corrected chi connectivity index (χ1v) is 7.32. The van der Waals surface area contributed by atoms with Crippen LogP contribution >= 0.6 is 12.0 Å². The average molecular weight is 315 g/mol. The minimum absolute atomic E-state index is 0.0547. The van der Waals surface area contributed by atoms with Gasteiger partial charge in [-0.15, -0.1) is 0 Å². The van der Waals surface area contributed by atoms with Crippen molar-refractivity contribution in [3.05, 3.63) is 48.1 Å². The Bertz CT molecular complexity index is 597. The van der Waals surface area contributed by atoms with Crippen molar-refractivity contribution in [3.8, 4) is 0 Å². The predicted molar refractivity (Wildman–Crippen MR) is 74.3 cm³/mol. The molecular formula is C13H15F2N3O2S. The maximum Gasteiger partial charge on any atom is 0.139 e. The molecule has 21 heavy (non-hydrogen) atoms. The molecule has 0 spiro atoms. The van der Waals surface area contributed by atoms with Crippen molar-refractivity contribution >= 4 is 12.0 Å². The molecule has 0 radical (unpaired) electrons. The van der Waals surface area contributed by atoms with Crippen LogP contribution in [0.3, 0.4) is 0 Å². The van der Waals surface area contributed by atoms with E-state index in [1.165, 1.54) is 23.4 Å². The van der Waals surface area contributed by atoms with Crippen LogP contribution < -0.4 is 0 Å². The third-order valence-electron chi connectivity index (χ3n) is 3.18. The Morgan fingerprint density at radius 2 is 2.24 bits per heavy atom. The Hall–Kier alpha value is -1.51. The summed E-state index contributed by atoms with van der Waals surface area (Å²) in [6.07, 6.45) is 3.64. The molecule has 114 valence electrons. The first-order chi connectivity index (χ1) is 9.97. The lowest BCUT2D eigenvalue weighted by Gasteiger charge is -2.33. The molecule has 8 heteroatoms. The third-order valence-corrected chi connectivity index (χ3v) is 3.66. The zero-order valence-electron chi connectivity index (χ0n) is 11.5. The first kappa shape index (κ1) is 15.9. The van der Waals surface area contributed by atoms with Gasteiger partial charge < -0.3 is 9.29 Å². The van der Waals surface area contributed by atoms with E-state index in [1.807, 2.05) is 0 Å². The lowest BCUT2D eigenvalue weighted by molar-refractivity contribution is -0.0692. The van der Waals surface area contributed by atoms with Gasteiger partial charge in [0.05, 0.1) is 6.54 Å². The smallest absolute Gasteiger partial charge is 0.139 e. The molecule has 0 fully saturated rings. The average Bonchev–Trinajstić information content (AvgIpc) is 2.91. The molecule has 1 N–H and O–H groups in total. The fourth-order valence-electron chi connectivity index (χ4n) is 2.06. The summed E-state index contributed by atoms with van der Waals surface area (Å²) < 4.78 is 33.8. The summed E-state index contributed by atoms with van der Waals surface area (Å²) in [6, 6.07) is 3.03. The summed E-state index contributed by atoms with van der Waals surface area (Å²) in [4.78, 5) is 3.78. The molecule has 0 aliphatic rings. The minimum Gasteiger partial charge on any atom is -0.380 e. The number of rotatable bonds is 6. The number of halogens is 2. The Balaban J connectivity index is 2.43. The highest BCUT2D eigenvalue weighted by molar-refractivity contribution is 7.93. The molecule has 0 saturated heterocycles. The summed E-state index contributed by atoms with van der Waals surface area (Å²) in [5.41, 5.74) is -1.77. The van der Waals surface area contributed by atoms with Gasteiger partial charge in [0.25, 0.3) is 0 Å². The highest BCUT2D eigenvalue weighted by Gasteiger charge is 2.40. The number of nitrogens with zero attached hydrogens (tertiary/aromatic N) is 3. The normalized spacial score (nSPS) is 15.7. The molecule has 0 saturated carbocycles. The summed E-state index contributed by atoms with van der Waals surface area (Å²) >= 11 is 1.05. The SMILES string of the molecule is CSOC(C)[C@](O)(Cn1cncn1)c1ccc(F)cc1F. The van der Waals surface area contributed by atoms with Gasteiger partial charge in [-0.1, -0.05) is 6.07 Å². The van der Waals surface area contributed by atoms with Crippen LogP contribution in [0.15, 0.2) is 30.9 Å². The zero-order chi connectivity index (χ0) is 15.5. The molecule has 5 nitrogen and oxygen atoms in total. The number of benzene rings is 1. The Kier molecular flexibility index (Phi) is 4.92. The van der Waals surface area contributed by atoms with Crippen LogP contribution in [0.4, 0.5) is 8.78 Å². The molecule has 1 aromatic carbocycles. The monoisotopic (exact) mass is 315 g/mol. The van der Waals surface area contributed by atoms with E-state index in [4.69, 9.17) is 4.18 Å². The van der Waals surface area contributed by atoms with Gasteiger partial charge in [-0.25, -0.2) is 18.4 Å². The molecule has 2 aromatic rings. The van der Waals surface area contributed by atoms with Crippen LogP contribution in [0.1, 0.15) is 12.5 Å². The van der Waals surface area contributed by atoms with Gasteiger partial charge in [-0.2, -0.15) is 5.10 Å². The van der Waals surface area contributed by atoms with Gasteiger partial charge >= 0.3 is 0 Å². The van der Waals surface area contributed by atoms with Crippen LogP contribution in [-0.4, -0.2) is 32.2 Å². The largest absolute Gasteiger partial charge is 0.380 e. The lowest BCUT2D eigenvalue weighted by Crippen LogP contribution is -2.43. The van der Waals surface area contributed by atoms with E-state index in [0.29, 0.717) is 0 Å². The maximum absolute atomic E-state index is 14.1. The zero-order valence-corrected chi connectivity index (χ0v) is 12.3. The Morgan fingerprint density at radius 1 is 1.48 bits per heavy atom. The second-order valence-corrected chi connectivity index (χ2v) is 5.07. The summed E-state index contributed by atoms with van der Waals surface area (Å²) in [5, 5.41) is 14.8. The number of aliphatic hydroxyl groups is 1. The molecule has 0 aliphatic heterocycles. The van der Waals surface area contributed by atoms with E-state index in [9.17, 15) is 13.9 Å². The van der Waals surface area contributed by atoms with E-state index < -0.39 is 23.3 Å². The second kappa shape index (κ2) is 6.50. The van der Waals surface area contributed by atoms with Crippen LogP contribution in [0, 0.1) is 11.6 Å². The van der Waals surface area contributed by atoms with Crippen LogP contribution in [0.5, 0.6) is 0 Å². The number of hydrogen-bond acceptors (Lipinski definition) is 5. The Morgan fingerprint density at radius 3 is 2.81 bits per heavy atom. The molecule has 1 aromatic heterocycles. The van der Waals surface area contributed by atoms with Crippen molar-refractivity contribution in [2.24, 2.45) is 0 Å². The van der Waals surface area contributed by atoms with Crippen LogP contribution in [0.25, 0.3) is 0 Å². The van der Waals surface area contributed by atoms with Gasteiger partial charge in [0.15, 0.2) is 0 Å². The van der Waals surface area contributed by atoms with E-state index in [1.54, 1.807) is 13.2 Å². The van der Waals surface area contributed by atoms with Crippen molar-refractivity contribution in [1.82, 2.24) is 14.8 Å². The maximum atomic E-state index is 14.1. The minimum atomic E-state index is -1.71. The van der Waals surface area contributed by atoms with E-state index in [2.05, 4.69) is 10.1 Å². The topological polar surface area (TPSA) is 60.2 Å². The molecule has 2 rings (SSSR count). The van der Waals surface area contributed by atoms with Crippen molar-refractivity contribution in [2.75, 3.05) is 6.26 Å². The summed E-state index contributed by atoms with van der Waals surface area (Å²) in [5.74, 6) is -1.55. The van der Waals surface area contributed by atoms with Gasteiger partial charge in [0.2, 0.25) is 0 Å². The fourth-order valence-corrected chi connectivity index (χ4v) is 2.51. The highest BCUT2D eigenvalue weighted by Crippen LogP contribution is 2.32. The molecule has 0 amide bonds. The van der Waals surface area contributed by atoms with E-state index in [-0.39, 0.29) is 12.1 Å². The molecule has 2 atom stereocenters. The van der Waals surface area contributed by atoms with Crippen molar-refractivity contribution < 1.29 is 18.1 Å². The van der Waals surface area contributed by atoms with E-state index in [0.717, 1.165) is 24.2 Å². The Labute approximate surface area is 125 Å².